The number of hydrogen-bond donors (Lipinski definition) is 0. The third-order valence-corrected chi connectivity index (χ3v) is 7.59. The lowest BCUT2D eigenvalue weighted by Crippen LogP contribution is -2.48. The Morgan fingerprint density at radius 1 is 1.12 bits per heavy atom. The van der Waals surface area contributed by atoms with Crippen LogP contribution in [0.2, 0.25) is 5.02 Å². The first-order valence-electron chi connectivity index (χ1n) is 10.5. The number of ether oxygens (including phenoxy) is 2. The number of anilines is 1. The first-order valence-corrected chi connectivity index (χ1v) is 12.3. The van der Waals surface area contributed by atoms with Gasteiger partial charge in [0.05, 0.1) is 22.8 Å². The number of likely N-dealkylation sites (N-methyl/N-ethyl adjacent to an activating group) is 1. The number of esters is 1. The van der Waals surface area contributed by atoms with Gasteiger partial charge in [-0.1, -0.05) is 29.8 Å². The van der Waals surface area contributed by atoms with E-state index in [-0.39, 0.29) is 40.8 Å². The maximum Gasteiger partial charge on any atom is 0.338 e. The van der Waals surface area contributed by atoms with Crippen LogP contribution >= 0.6 is 11.6 Å². The van der Waals surface area contributed by atoms with E-state index < -0.39 is 28.0 Å². The van der Waals surface area contributed by atoms with E-state index in [0.29, 0.717) is 5.69 Å². The Kier molecular flexibility index (Phi) is 7.79. The summed E-state index contributed by atoms with van der Waals surface area (Å²) < 4.78 is 38.7. The number of para-hydroxylation sites is 1. The van der Waals surface area contributed by atoms with Gasteiger partial charge in [0.15, 0.2) is 6.10 Å². The monoisotopic (exact) mass is 494 g/mol. The van der Waals surface area contributed by atoms with Crippen LogP contribution < -0.4 is 4.90 Å². The lowest BCUT2D eigenvalue weighted by atomic mass is 10.2. The molecule has 1 aliphatic heterocycles. The summed E-state index contributed by atoms with van der Waals surface area (Å²) in [5.74, 6) is -1.25. The fourth-order valence-electron chi connectivity index (χ4n) is 3.62. The molecule has 10 heteroatoms. The topological polar surface area (TPSA) is 93.2 Å². The van der Waals surface area contributed by atoms with E-state index >= 15 is 0 Å². The summed E-state index contributed by atoms with van der Waals surface area (Å²) in [5.41, 5.74) is 0.633. The Balaban J connectivity index is 1.78. The van der Waals surface area contributed by atoms with Gasteiger partial charge in [0.25, 0.3) is 5.91 Å². The molecule has 0 saturated carbocycles. The number of halogens is 1. The zero-order chi connectivity index (χ0) is 24.3. The van der Waals surface area contributed by atoms with E-state index in [1.54, 1.807) is 45.2 Å². The van der Waals surface area contributed by atoms with Crippen LogP contribution in [0, 0.1) is 0 Å². The maximum absolute atomic E-state index is 13.2. The summed E-state index contributed by atoms with van der Waals surface area (Å²) in [6.07, 6.45) is -1.63. The molecule has 0 radical (unpaired) electrons. The Morgan fingerprint density at radius 3 is 2.33 bits per heavy atom. The van der Waals surface area contributed by atoms with Gasteiger partial charge >= 0.3 is 5.97 Å². The summed E-state index contributed by atoms with van der Waals surface area (Å²) in [4.78, 5) is 26.6. The second-order valence-corrected chi connectivity index (χ2v) is 10.3. The standard InChI is InChI=1S/C23H27ClN2O6S/c1-15-13-26(14-16(2)31-15)33(29,30)21-12-18(10-11-20(21)24)23(28)32-17(3)22(27)25(4)19-8-6-5-7-9-19/h5-12,15-17H,13-14H2,1-4H3. The van der Waals surface area contributed by atoms with Gasteiger partial charge in [-0.25, -0.2) is 13.2 Å². The molecule has 0 spiro atoms. The summed E-state index contributed by atoms with van der Waals surface area (Å²) in [6, 6.07) is 12.8. The molecule has 1 fully saturated rings. The molecule has 1 saturated heterocycles. The number of carbonyl (C=O) groups is 2. The van der Waals surface area contributed by atoms with Gasteiger partial charge < -0.3 is 14.4 Å². The molecule has 33 heavy (non-hydrogen) atoms. The highest BCUT2D eigenvalue weighted by Crippen LogP contribution is 2.28. The number of carbonyl (C=O) groups excluding carboxylic acids is 2. The van der Waals surface area contributed by atoms with Gasteiger partial charge in [-0.05, 0) is 51.1 Å². The van der Waals surface area contributed by atoms with Gasteiger partial charge in [0.1, 0.15) is 4.90 Å². The molecule has 0 bridgehead atoms. The normalized spacial score (nSPS) is 20.2. The minimum Gasteiger partial charge on any atom is -0.449 e. The molecule has 1 heterocycles. The van der Waals surface area contributed by atoms with Crippen molar-refractivity contribution in [3.05, 3.63) is 59.1 Å². The average molecular weight is 495 g/mol. The Hall–Kier alpha value is -2.46. The molecule has 8 nitrogen and oxygen atoms in total. The van der Waals surface area contributed by atoms with E-state index in [4.69, 9.17) is 21.1 Å². The number of rotatable bonds is 6. The number of hydrogen-bond acceptors (Lipinski definition) is 6. The molecule has 2 aromatic carbocycles. The first-order chi connectivity index (χ1) is 15.5. The lowest BCUT2D eigenvalue weighted by Gasteiger charge is -2.34. The highest BCUT2D eigenvalue weighted by Gasteiger charge is 2.34. The summed E-state index contributed by atoms with van der Waals surface area (Å²) in [5, 5.41) is -0.00807. The zero-order valence-electron chi connectivity index (χ0n) is 18.9. The van der Waals surface area contributed by atoms with Crippen molar-refractivity contribution in [1.29, 1.82) is 0 Å². The van der Waals surface area contributed by atoms with Crippen LogP contribution in [0.1, 0.15) is 31.1 Å². The predicted octanol–water partition coefficient (Wildman–Crippen LogP) is 3.35. The fourth-order valence-corrected chi connectivity index (χ4v) is 5.72. The van der Waals surface area contributed by atoms with Crippen molar-refractivity contribution in [2.75, 3.05) is 25.0 Å². The molecule has 1 amide bonds. The second kappa shape index (κ2) is 10.2. The zero-order valence-corrected chi connectivity index (χ0v) is 20.5. The van der Waals surface area contributed by atoms with Crippen molar-refractivity contribution in [2.24, 2.45) is 0 Å². The van der Waals surface area contributed by atoms with E-state index in [2.05, 4.69) is 0 Å². The molecule has 1 aliphatic rings. The molecular weight excluding hydrogens is 468 g/mol. The number of morpholine rings is 1. The van der Waals surface area contributed by atoms with Crippen molar-refractivity contribution in [3.63, 3.8) is 0 Å². The minimum absolute atomic E-state index is 0.00807. The fraction of sp³-hybridized carbons (Fsp3) is 0.391. The Morgan fingerprint density at radius 2 is 1.73 bits per heavy atom. The SMILES string of the molecule is CC1CN(S(=O)(=O)c2cc(C(=O)OC(C)C(=O)N(C)c3ccccc3)ccc2Cl)CC(C)O1. The average Bonchev–Trinajstić information content (AvgIpc) is 2.78. The van der Waals surface area contributed by atoms with Gasteiger partial charge in [0, 0.05) is 25.8 Å². The molecule has 2 aromatic rings. The lowest BCUT2D eigenvalue weighted by molar-refractivity contribution is -0.126. The first kappa shape index (κ1) is 25.2. The van der Waals surface area contributed by atoms with E-state index in [9.17, 15) is 18.0 Å². The van der Waals surface area contributed by atoms with E-state index in [1.807, 2.05) is 6.07 Å². The van der Waals surface area contributed by atoms with Gasteiger partial charge in [0.2, 0.25) is 10.0 Å². The van der Waals surface area contributed by atoms with Crippen molar-refractivity contribution in [2.45, 2.75) is 44.0 Å². The van der Waals surface area contributed by atoms with Gasteiger partial charge in [-0.15, -0.1) is 0 Å². The van der Waals surface area contributed by atoms with Crippen LogP contribution in [0.5, 0.6) is 0 Å². The van der Waals surface area contributed by atoms with Gasteiger partial charge in [-0.3, -0.25) is 4.79 Å². The van der Waals surface area contributed by atoms with Gasteiger partial charge in [-0.2, -0.15) is 4.31 Å². The molecular formula is C23H27ClN2O6S. The molecule has 3 rings (SSSR count). The predicted molar refractivity (Wildman–Crippen MR) is 125 cm³/mol. The number of amides is 1. The molecule has 178 valence electrons. The number of benzene rings is 2. The summed E-state index contributed by atoms with van der Waals surface area (Å²) >= 11 is 6.19. The van der Waals surface area contributed by atoms with E-state index in [1.165, 1.54) is 34.3 Å². The molecule has 3 unspecified atom stereocenters. The van der Waals surface area contributed by atoms with Crippen LogP contribution in [0.3, 0.4) is 0 Å². The molecule has 0 N–H and O–H groups in total. The third-order valence-electron chi connectivity index (χ3n) is 5.28. The molecule has 0 aromatic heterocycles. The van der Waals surface area contributed by atoms with Crippen molar-refractivity contribution >= 4 is 39.2 Å². The molecule has 3 atom stereocenters. The summed E-state index contributed by atoms with van der Waals surface area (Å²) in [7, 11) is -2.39. The van der Waals surface area contributed by atoms with Crippen LogP contribution in [-0.4, -0.2) is 63.0 Å². The van der Waals surface area contributed by atoms with E-state index in [0.717, 1.165) is 0 Å². The largest absolute Gasteiger partial charge is 0.449 e. The highest BCUT2D eigenvalue weighted by atomic mass is 35.5. The smallest absolute Gasteiger partial charge is 0.338 e. The third kappa shape index (κ3) is 5.73. The highest BCUT2D eigenvalue weighted by molar-refractivity contribution is 7.89. The van der Waals surface area contributed by atoms with Crippen molar-refractivity contribution in [1.82, 2.24) is 4.31 Å². The maximum atomic E-state index is 13.2. The van der Waals surface area contributed by atoms with Crippen LogP contribution in [-0.2, 0) is 24.3 Å². The Bertz CT molecular complexity index is 1120. The Labute approximate surface area is 199 Å². The molecule has 0 aliphatic carbocycles. The number of sulfonamides is 1. The second-order valence-electron chi connectivity index (χ2n) is 8.00. The van der Waals surface area contributed by atoms with Crippen LogP contribution in [0.15, 0.2) is 53.4 Å². The number of nitrogens with zero attached hydrogens (tertiary/aromatic N) is 2. The van der Waals surface area contributed by atoms with Crippen molar-refractivity contribution in [3.8, 4) is 0 Å². The van der Waals surface area contributed by atoms with Crippen LogP contribution in [0.25, 0.3) is 0 Å². The van der Waals surface area contributed by atoms with Crippen molar-refractivity contribution < 1.29 is 27.5 Å². The summed E-state index contributed by atoms with van der Waals surface area (Å²) in [6.45, 7) is 5.39. The van der Waals surface area contributed by atoms with Crippen LogP contribution in [0.4, 0.5) is 5.69 Å². The quantitative estimate of drug-likeness (QED) is 0.572. The minimum atomic E-state index is -3.97.